The van der Waals surface area contributed by atoms with Crippen LogP contribution in [0.4, 0.5) is 0 Å². The van der Waals surface area contributed by atoms with Gasteiger partial charge in [0.15, 0.2) is 0 Å². The molecule has 0 heterocycles. The normalized spacial score (nSPS) is 14.0. The summed E-state index contributed by atoms with van der Waals surface area (Å²) < 4.78 is 2.73. The van der Waals surface area contributed by atoms with Gasteiger partial charge in [-0.25, -0.2) is 0 Å². The van der Waals surface area contributed by atoms with E-state index in [0.29, 0.717) is 0 Å². The number of hydrogen-bond donors (Lipinski definition) is 0. The molecule has 1 nitrogen and oxygen atoms in total. The van der Waals surface area contributed by atoms with E-state index in [0.717, 1.165) is 11.8 Å². The van der Waals surface area contributed by atoms with Crippen molar-refractivity contribution in [2.24, 2.45) is 11.8 Å². The van der Waals surface area contributed by atoms with E-state index in [1.165, 1.54) is 13.1 Å². The van der Waals surface area contributed by atoms with Crippen molar-refractivity contribution in [3.05, 3.63) is 0 Å². The van der Waals surface area contributed by atoms with Crippen molar-refractivity contribution < 1.29 is 0 Å². The predicted molar refractivity (Wildman–Crippen MR) is 67.3 cm³/mol. The zero-order valence-electron chi connectivity index (χ0n) is 8.81. The second-order valence-electron chi connectivity index (χ2n) is 4.24. The van der Waals surface area contributed by atoms with Crippen LogP contribution in [0.15, 0.2) is 0 Å². The van der Waals surface area contributed by atoms with E-state index in [9.17, 15) is 0 Å². The summed E-state index contributed by atoms with van der Waals surface area (Å²) in [5.74, 6) is 1.67. The molecule has 0 rings (SSSR count). The van der Waals surface area contributed by atoms with Crippen molar-refractivity contribution in [2.45, 2.75) is 27.7 Å². The van der Waals surface area contributed by atoms with Crippen molar-refractivity contribution in [3.63, 3.8) is 0 Å². The summed E-state index contributed by atoms with van der Waals surface area (Å²) in [4.78, 5) is 0. The molecule has 0 N–H and O–H groups in total. The summed E-state index contributed by atoms with van der Waals surface area (Å²) in [6, 6.07) is 0. The van der Waals surface area contributed by atoms with E-state index in [1.54, 1.807) is 0 Å². The van der Waals surface area contributed by atoms with Crippen LogP contribution >= 0.6 is 15.3 Å². The average Bonchev–Trinajstić information content (AvgIpc) is 1.84. The topological polar surface area (TPSA) is 3.24 Å². The van der Waals surface area contributed by atoms with Gasteiger partial charge < -0.3 is 4.57 Å². The molecule has 0 spiro atoms. The summed E-state index contributed by atoms with van der Waals surface area (Å²) in [6.45, 7) is 11.9. The largest absolute Gasteiger partial charge is 0.330 e. The molecule has 0 aliphatic heterocycles. The lowest BCUT2D eigenvalue weighted by Crippen LogP contribution is -2.36. The molecule has 0 aliphatic carbocycles. The molecule has 0 aliphatic rings. The fourth-order valence-corrected chi connectivity index (χ4v) is 9.37. The summed E-state index contributed by atoms with van der Waals surface area (Å²) in [5.41, 5.74) is 0. The number of hydrogen-bond acceptors (Lipinski definition) is 1. The smallest absolute Gasteiger partial charge is 0.102 e. The summed E-state index contributed by atoms with van der Waals surface area (Å²) in [6.07, 6.45) is 0. The van der Waals surface area contributed by atoms with Crippen molar-refractivity contribution in [3.8, 4) is 0 Å². The maximum absolute atomic E-state index is 3.69. The van der Waals surface area contributed by atoms with Gasteiger partial charge in [-0.05, 0) is 24.9 Å². The lowest BCUT2D eigenvalue weighted by atomic mass is 10.2. The molecule has 0 fully saturated rings. The Balaban J connectivity index is 3.69. The molecule has 0 aromatic carbocycles. The second-order valence-corrected chi connectivity index (χ2v) is 15.6. The quantitative estimate of drug-likeness (QED) is 0.515. The van der Waals surface area contributed by atoms with Crippen LogP contribution in [0.3, 0.4) is 0 Å². The van der Waals surface area contributed by atoms with E-state index >= 15 is 0 Å². The molecule has 0 saturated carbocycles. The lowest BCUT2D eigenvalue weighted by molar-refractivity contribution is 0.349. The third-order valence-electron chi connectivity index (χ3n) is 1.65. The van der Waals surface area contributed by atoms with Crippen LogP contribution in [0.5, 0.6) is 0 Å². The molecule has 4 heteroatoms. The van der Waals surface area contributed by atoms with E-state index in [1.807, 2.05) is 0 Å². The van der Waals surface area contributed by atoms with Crippen LogP contribution in [0.1, 0.15) is 27.7 Å². The highest BCUT2D eigenvalue weighted by molar-refractivity contribution is 9.24. The molecule has 0 saturated heterocycles. The molecule has 0 aromatic rings. The first-order valence-electron chi connectivity index (χ1n) is 4.84. The van der Waals surface area contributed by atoms with E-state index in [2.05, 4.69) is 47.6 Å². The minimum atomic E-state index is 0.139. The minimum absolute atomic E-state index is 0.139. The zero-order chi connectivity index (χ0) is 9.56. The van der Waals surface area contributed by atoms with Gasteiger partial charge in [-0.2, -0.15) is 0 Å². The molecular formula is C8H22BrNSi2. The van der Waals surface area contributed by atoms with Crippen LogP contribution in [0, 0.1) is 11.8 Å². The SMILES string of the molecule is CC(C)CN(CC(C)C)[SiH2][SiH2]Br. The molecule has 0 atom stereocenters. The number of halogens is 1. The Morgan fingerprint density at radius 3 is 1.75 bits per heavy atom. The fourth-order valence-electron chi connectivity index (χ4n) is 1.41. The molecule has 74 valence electrons. The first-order valence-corrected chi connectivity index (χ1v) is 13.4. The molecular weight excluding hydrogens is 246 g/mol. The minimum Gasteiger partial charge on any atom is -0.330 e. The Morgan fingerprint density at radius 2 is 1.50 bits per heavy atom. The first kappa shape index (κ1) is 12.9. The molecule has 12 heavy (non-hydrogen) atoms. The second kappa shape index (κ2) is 7.29. The Hall–Kier alpha value is 0.874. The van der Waals surface area contributed by atoms with Crippen LogP contribution in [0.2, 0.25) is 0 Å². The highest BCUT2D eigenvalue weighted by Crippen LogP contribution is 2.02. The van der Waals surface area contributed by atoms with Gasteiger partial charge in [0.25, 0.3) is 0 Å². The average molecular weight is 268 g/mol. The summed E-state index contributed by atoms with van der Waals surface area (Å²) in [5, 5.41) is 0. The molecule has 0 unspecified atom stereocenters. The van der Waals surface area contributed by atoms with E-state index in [-0.39, 0.29) is 16.9 Å². The third-order valence-corrected chi connectivity index (χ3v) is 8.56. The van der Waals surface area contributed by atoms with Gasteiger partial charge in [0.1, 0.15) is 7.66 Å². The van der Waals surface area contributed by atoms with Gasteiger partial charge in [0.05, 0.1) is 9.20 Å². The predicted octanol–water partition coefficient (Wildman–Crippen LogP) is 1.08. The van der Waals surface area contributed by atoms with Crippen LogP contribution in [0.25, 0.3) is 0 Å². The number of nitrogens with zero attached hydrogens (tertiary/aromatic N) is 1. The molecule has 0 radical (unpaired) electrons. The molecule has 0 bridgehead atoms. The van der Waals surface area contributed by atoms with E-state index in [4.69, 9.17) is 0 Å². The summed E-state index contributed by atoms with van der Waals surface area (Å²) in [7, 11) is 0.297. The standard InChI is InChI=1S/C8H22BrNSi2/c1-7(2)5-10(12-11-9)6-8(3)4/h7-8H,5-6,11-12H2,1-4H3. The monoisotopic (exact) mass is 267 g/mol. The number of rotatable bonds is 6. The maximum atomic E-state index is 3.69. The summed E-state index contributed by atoms with van der Waals surface area (Å²) >= 11 is 3.69. The molecule has 0 amide bonds. The van der Waals surface area contributed by atoms with Crippen molar-refractivity contribution in [2.75, 3.05) is 13.1 Å². The maximum Gasteiger partial charge on any atom is 0.102 e. The lowest BCUT2D eigenvalue weighted by Gasteiger charge is -2.25. The Kier molecular flexibility index (Phi) is 7.82. The van der Waals surface area contributed by atoms with Crippen LogP contribution in [-0.4, -0.2) is 34.5 Å². The highest BCUT2D eigenvalue weighted by atomic mass is 79.9. The van der Waals surface area contributed by atoms with Gasteiger partial charge >= 0.3 is 0 Å². The van der Waals surface area contributed by atoms with Gasteiger partial charge in [-0.15, -0.1) is 15.3 Å². The Bertz CT molecular complexity index is 99.2. The zero-order valence-corrected chi connectivity index (χ0v) is 13.2. The van der Waals surface area contributed by atoms with Gasteiger partial charge in [0, 0.05) is 0 Å². The van der Waals surface area contributed by atoms with Crippen LogP contribution in [-0.2, 0) is 0 Å². The Morgan fingerprint density at radius 1 is 1.08 bits per heavy atom. The first-order chi connectivity index (χ1) is 5.56. The highest BCUT2D eigenvalue weighted by Gasteiger charge is 2.08. The van der Waals surface area contributed by atoms with Crippen molar-refractivity contribution >= 4 is 32.1 Å². The third kappa shape index (κ3) is 7.52. The van der Waals surface area contributed by atoms with E-state index < -0.39 is 0 Å². The van der Waals surface area contributed by atoms with Gasteiger partial charge in [-0.1, -0.05) is 27.7 Å². The van der Waals surface area contributed by atoms with Crippen molar-refractivity contribution in [1.29, 1.82) is 0 Å². The van der Waals surface area contributed by atoms with Crippen LogP contribution < -0.4 is 0 Å². The Labute approximate surface area is 89.4 Å². The fraction of sp³-hybridized carbons (Fsp3) is 1.00. The van der Waals surface area contributed by atoms with Gasteiger partial charge in [-0.3, -0.25) is 0 Å². The van der Waals surface area contributed by atoms with Gasteiger partial charge in [0.2, 0.25) is 0 Å². The molecule has 0 aromatic heterocycles. The van der Waals surface area contributed by atoms with Crippen molar-refractivity contribution in [1.82, 2.24) is 4.57 Å².